The maximum Gasteiger partial charge on any atom is 0.452 e. The van der Waals surface area contributed by atoms with Crippen molar-refractivity contribution in [2.75, 3.05) is 31.1 Å². The van der Waals surface area contributed by atoms with Gasteiger partial charge in [-0.25, -0.2) is 13.2 Å². The summed E-state index contributed by atoms with van der Waals surface area (Å²) < 4.78 is 80.0. The highest BCUT2D eigenvalue weighted by Crippen LogP contribution is 2.29. The Kier molecular flexibility index (Phi) is 5.31. The summed E-state index contributed by atoms with van der Waals surface area (Å²) in [5.41, 5.74) is 0.706. The standard InChI is InChI=1S/C19H17F6N5/c20-13-1-3-15(17(21)22)12(9-13)10-28-5-7-29(8-6-28)14-2-4-16-26-27-18(19(23,24)25)30(16)11-14/h1-4,9,11,17H,5-8,10H2. The molecule has 0 bridgehead atoms. The summed E-state index contributed by atoms with van der Waals surface area (Å²) in [6.07, 6.45) is -5.97. The molecule has 1 aliphatic heterocycles. The SMILES string of the molecule is Fc1ccc(C(F)F)c(CN2CCN(c3ccc4nnc(C(F)(F)F)n4c3)CC2)c1. The van der Waals surface area contributed by atoms with Crippen molar-refractivity contribution in [2.45, 2.75) is 19.1 Å². The summed E-state index contributed by atoms with van der Waals surface area (Å²) >= 11 is 0. The van der Waals surface area contributed by atoms with Gasteiger partial charge in [-0.05, 0) is 29.8 Å². The van der Waals surface area contributed by atoms with E-state index in [9.17, 15) is 26.3 Å². The third-order valence-corrected chi connectivity index (χ3v) is 5.11. The molecule has 0 radical (unpaired) electrons. The molecule has 0 amide bonds. The monoisotopic (exact) mass is 429 g/mol. The normalized spacial score (nSPS) is 16.0. The molecule has 30 heavy (non-hydrogen) atoms. The number of alkyl halides is 5. The molecule has 160 valence electrons. The largest absolute Gasteiger partial charge is 0.452 e. The van der Waals surface area contributed by atoms with Gasteiger partial charge in [-0.15, -0.1) is 10.2 Å². The van der Waals surface area contributed by atoms with Crippen LogP contribution in [0.3, 0.4) is 0 Å². The molecule has 0 saturated carbocycles. The molecule has 1 aromatic carbocycles. The number of rotatable bonds is 4. The molecule has 0 aliphatic carbocycles. The first kappa shape index (κ1) is 20.5. The molecular weight excluding hydrogens is 412 g/mol. The summed E-state index contributed by atoms with van der Waals surface area (Å²) in [6.45, 7) is 2.12. The van der Waals surface area contributed by atoms with E-state index in [1.54, 1.807) is 6.07 Å². The lowest BCUT2D eigenvalue weighted by Crippen LogP contribution is -2.46. The molecule has 3 heterocycles. The Bertz CT molecular complexity index is 1040. The molecule has 1 saturated heterocycles. The van der Waals surface area contributed by atoms with Gasteiger partial charge in [-0.1, -0.05) is 6.07 Å². The molecule has 2 aromatic heterocycles. The van der Waals surface area contributed by atoms with Crippen LogP contribution in [0.1, 0.15) is 23.4 Å². The molecule has 1 fully saturated rings. The third-order valence-electron chi connectivity index (χ3n) is 5.11. The molecule has 4 rings (SSSR count). The molecule has 3 aromatic rings. The Labute approximate surface area is 167 Å². The predicted octanol–water partition coefficient (Wildman–Crippen LogP) is 4.15. The average Bonchev–Trinajstić information content (AvgIpc) is 3.12. The van der Waals surface area contributed by atoms with Gasteiger partial charge in [0, 0.05) is 44.5 Å². The minimum atomic E-state index is -4.62. The Balaban J connectivity index is 1.47. The first-order chi connectivity index (χ1) is 14.2. The Morgan fingerprint density at radius 3 is 2.37 bits per heavy atom. The predicted molar refractivity (Wildman–Crippen MR) is 96.8 cm³/mol. The number of aromatic nitrogens is 3. The van der Waals surface area contributed by atoms with Crippen molar-refractivity contribution >= 4 is 11.3 Å². The highest BCUT2D eigenvalue weighted by Gasteiger charge is 2.37. The number of hydrogen-bond donors (Lipinski definition) is 0. The first-order valence-electron chi connectivity index (χ1n) is 9.18. The van der Waals surface area contributed by atoms with Crippen LogP contribution in [0.2, 0.25) is 0 Å². The van der Waals surface area contributed by atoms with Gasteiger partial charge < -0.3 is 4.90 Å². The van der Waals surface area contributed by atoms with Gasteiger partial charge in [-0.2, -0.15) is 13.2 Å². The minimum Gasteiger partial charge on any atom is -0.368 e. The number of benzene rings is 1. The average molecular weight is 429 g/mol. The van der Waals surface area contributed by atoms with Crippen molar-refractivity contribution in [1.82, 2.24) is 19.5 Å². The zero-order valence-electron chi connectivity index (χ0n) is 15.6. The Hall–Kier alpha value is -2.82. The van der Waals surface area contributed by atoms with Crippen LogP contribution in [0.5, 0.6) is 0 Å². The molecule has 0 atom stereocenters. The third kappa shape index (κ3) is 4.07. The van der Waals surface area contributed by atoms with E-state index in [4.69, 9.17) is 0 Å². The Morgan fingerprint density at radius 1 is 0.967 bits per heavy atom. The van der Waals surface area contributed by atoms with Gasteiger partial charge in [0.1, 0.15) is 5.82 Å². The molecule has 11 heteroatoms. The molecular formula is C19H17F6N5. The van der Waals surface area contributed by atoms with Crippen LogP contribution < -0.4 is 4.90 Å². The van der Waals surface area contributed by atoms with Crippen LogP contribution in [-0.4, -0.2) is 45.7 Å². The summed E-state index contributed by atoms with van der Waals surface area (Å²) in [5.74, 6) is -1.67. The van der Waals surface area contributed by atoms with Crippen molar-refractivity contribution in [3.05, 3.63) is 59.3 Å². The van der Waals surface area contributed by atoms with Crippen molar-refractivity contribution < 1.29 is 26.3 Å². The second-order valence-corrected chi connectivity index (χ2v) is 7.04. The molecule has 0 spiro atoms. The fourth-order valence-electron chi connectivity index (χ4n) is 3.59. The highest BCUT2D eigenvalue weighted by molar-refractivity contribution is 5.52. The van der Waals surface area contributed by atoms with Crippen LogP contribution in [0.4, 0.5) is 32.0 Å². The van der Waals surface area contributed by atoms with E-state index in [-0.39, 0.29) is 23.3 Å². The maximum atomic E-state index is 13.5. The summed E-state index contributed by atoms with van der Waals surface area (Å²) in [6, 6.07) is 6.36. The molecule has 5 nitrogen and oxygen atoms in total. The van der Waals surface area contributed by atoms with Gasteiger partial charge in [0.05, 0.1) is 5.69 Å². The van der Waals surface area contributed by atoms with Crippen LogP contribution in [0, 0.1) is 5.82 Å². The molecule has 1 aliphatic rings. The van der Waals surface area contributed by atoms with Gasteiger partial charge >= 0.3 is 6.18 Å². The number of anilines is 1. The zero-order chi connectivity index (χ0) is 21.5. The fourth-order valence-corrected chi connectivity index (χ4v) is 3.59. The first-order valence-corrected chi connectivity index (χ1v) is 9.18. The summed E-state index contributed by atoms with van der Waals surface area (Å²) in [5, 5.41) is 6.74. The number of pyridine rings is 1. The van der Waals surface area contributed by atoms with E-state index < -0.39 is 24.2 Å². The fraction of sp³-hybridized carbons (Fsp3) is 0.368. The second kappa shape index (κ2) is 7.78. The van der Waals surface area contributed by atoms with Crippen molar-refractivity contribution in [3.8, 4) is 0 Å². The smallest absolute Gasteiger partial charge is 0.368 e. The number of hydrogen-bond acceptors (Lipinski definition) is 4. The lowest BCUT2D eigenvalue weighted by Gasteiger charge is -2.36. The minimum absolute atomic E-state index is 0.0929. The van der Waals surface area contributed by atoms with Gasteiger partial charge in [0.2, 0.25) is 5.82 Å². The van der Waals surface area contributed by atoms with Crippen LogP contribution in [0.15, 0.2) is 36.5 Å². The number of halogens is 6. The highest BCUT2D eigenvalue weighted by atomic mass is 19.4. The van der Waals surface area contributed by atoms with E-state index >= 15 is 0 Å². The summed E-state index contributed by atoms with van der Waals surface area (Å²) in [4.78, 5) is 3.81. The molecule has 0 N–H and O–H groups in total. The number of fused-ring (bicyclic) bond motifs is 1. The zero-order valence-corrected chi connectivity index (χ0v) is 15.6. The lowest BCUT2D eigenvalue weighted by molar-refractivity contribution is -0.145. The lowest BCUT2D eigenvalue weighted by atomic mass is 10.1. The van der Waals surface area contributed by atoms with Gasteiger partial charge in [0.25, 0.3) is 6.43 Å². The Morgan fingerprint density at radius 2 is 1.70 bits per heavy atom. The van der Waals surface area contributed by atoms with Crippen molar-refractivity contribution in [1.29, 1.82) is 0 Å². The van der Waals surface area contributed by atoms with Crippen LogP contribution >= 0.6 is 0 Å². The second-order valence-electron chi connectivity index (χ2n) is 7.04. The summed E-state index contributed by atoms with van der Waals surface area (Å²) in [7, 11) is 0. The molecule has 0 unspecified atom stereocenters. The van der Waals surface area contributed by atoms with E-state index in [1.807, 2.05) is 9.80 Å². The quantitative estimate of drug-likeness (QED) is 0.584. The van der Waals surface area contributed by atoms with Crippen LogP contribution in [0.25, 0.3) is 5.65 Å². The van der Waals surface area contributed by atoms with Crippen molar-refractivity contribution in [2.24, 2.45) is 0 Å². The number of nitrogens with zero attached hydrogens (tertiary/aromatic N) is 5. The number of piperazine rings is 1. The van der Waals surface area contributed by atoms with E-state index in [0.29, 0.717) is 31.9 Å². The van der Waals surface area contributed by atoms with Gasteiger partial charge in [0.15, 0.2) is 5.65 Å². The van der Waals surface area contributed by atoms with E-state index in [2.05, 4.69) is 10.2 Å². The van der Waals surface area contributed by atoms with Crippen LogP contribution in [-0.2, 0) is 12.7 Å². The van der Waals surface area contributed by atoms with Gasteiger partial charge in [-0.3, -0.25) is 9.30 Å². The van der Waals surface area contributed by atoms with Crippen molar-refractivity contribution in [3.63, 3.8) is 0 Å². The topological polar surface area (TPSA) is 36.7 Å². The maximum absolute atomic E-state index is 13.5. The van der Waals surface area contributed by atoms with E-state index in [0.717, 1.165) is 22.6 Å². The van der Waals surface area contributed by atoms with E-state index in [1.165, 1.54) is 12.3 Å².